The normalized spacial score (nSPS) is 10.8. The van der Waals surface area contributed by atoms with Crippen molar-refractivity contribution in [3.8, 4) is 5.69 Å². The van der Waals surface area contributed by atoms with Crippen LogP contribution in [0.4, 0.5) is 0 Å². The topological polar surface area (TPSA) is 14.8 Å². The number of hydrogen-bond donors (Lipinski definition) is 0. The summed E-state index contributed by atoms with van der Waals surface area (Å²) in [4.78, 5) is 0. The highest BCUT2D eigenvalue weighted by atomic mass is 35.5. The number of aromatic nitrogens is 3. The summed E-state index contributed by atoms with van der Waals surface area (Å²) in [6.45, 7) is 0. The van der Waals surface area contributed by atoms with Crippen LogP contribution in [-0.4, -0.2) is 13.9 Å². The van der Waals surface area contributed by atoms with Crippen molar-refractivity contribution in [3.05, 3.63) is 37.8 Å². The van der Waals surface area contributed by atoms with Gasteiger partial charge in [-0.3, -0.25) is 13.9 Å². The monoisotopic (exact) mass is 305 g/mol. The molecule has 1 aromatic heterocycles. The zero-order valence-electron chi connectivity index (χ0n) is 9.15. The Morgan fingerprint density at radius 1 is 0.882 bits per heavy atom. The van der Waals surface area contributed by atoms with Gasteiger partial charge in [0, 0.05) is 24.1 Å². The van der Waals surface area contributed by atoms with E-state index in [-0.39, 0.29) is 0 Å². The van der Waals surface area contributed by atoms with Gasteiger partial charge in [0.15, 0.2) is 0 Å². The van der Waals surface area contributed by atoms with Gasteiger partial charge in [-0.05, 0) is 42.6 Å². The van der Waals surface area contributed by atoms with Gasteiger partial charge in [0.2, 0.25) is 9.54 Å². The van der Waals surface area contributed by atoms with Crippen LogP contribution in [0.1, 0.15) is 0 Å². The summed E-state index contributed by atoms with van der Waals surface area (Å²) in [6, 6.07) is 5.22. The fourth-order valence-corrected chi connectivity index (χ4v) is 2.72. The zero-order valence-corrected chi connectivity index (χ0v) is 12.3. The van der Waals surface area contributed by atoms with Crippen molar-refractivity contribution in [1.82, 2.24) is 13.9 Å². The number of nitrogens with zero attached hydrogens (tertiary/aromatic N) is 3. The molecule has 0 unspecified atom stereocenters. The maximum absolute atomic E-state index is 5.97. The lowest BCUT2D eigenvalue weighted by Gasteiger charge is -2.03. The summed E-state index contributed by atoms with van der Waals surface area (Å²) < 4.78 is 6.51. The Bertz CT molecular complexity index is 643. The Morgan fingerprint density at radius 2 is 1.29 bits per heavy atom. The molecule has 0 aliphatic rings. The van der Waals surface area contributed by atoms with Crippen molar-refractivity contribution < 1.29 is 0 Å². The first-order valence-corrected chi connectivity index (χ1v) is 6.30. The molecule has 7 heteroatoms. The highest BCUT2D eigenvalue weighted by Gasteiger charge is 2.08. The average Bonchev–Trinajstić information content (AvgIpc) is 2.42. The van der Waals surface area contributed by atoms with E-state index in [2.05, 4.69) is 0 Å². The molecule has 0 saturated heterocycles. The largest absolute Gasteiger partial charge is 0.261 e. The van der Waals surface area contributed by atoms with Crippen molar-refractivity contribution in [3.63, 3.8) is 0 Å². The maximum Gasteiger partial charge on any atom is 0.201 e. The Hall–Kier alpha value is -0.620. The molecular weight excluding hydrogens is 297 g/mol. The van der Waals surface area contributed by atoms with Crippen LogP contribution in [0.3, 0.4) is 0 Å². The second kappa shape index (κ2) is 4.57. The van der Waals surface area contributed by atoms with Gasteiger partial charge in [0.1, 0.15) is 0 Å². The van der Waals surface area contributed by atoms with E-state index in [1.165, 1.54) is 0 Å². The summed E-state index contributed by atoms with van der Waals surface area (Å²) in [7, 11) is 3.70. The second-order valence-electron chi connectivity index (χ2n) is 3.58. The minimum Gasteiger partial charge on any atom is -0.261 e. The van der Waals surface area contributed by atoms with Crippen LogP contribution < -0.4 is 0 Å². The van der Waals surface area contributed by atoms with Crippen molar-refractivity contribution in [2.75, 3.05) is 0 Å². The summed E-state index contributed by atoms with van der Waals surface area (Å²) >= 11 is 22.6. The quantitative estimate of drug-likeness (QED) is 0.742. The molecule has 0 bridgehead atoms. The predicted octanol–water partition coefficient (Wildman–Crippen LogP) is 3.92. The molecular formula is C10H9Cl2N3S2. The first kappa shape index (κ1) is 12.8. The molecule has 0 amide bonds. The van der Waals surface area contributed by atoms with E-state index in [1.54, 1.807) is 32.1 Å². The van der Waals surface area contributed by atoms with E-state index >= 15 is 0 Å². The molecule has 2 rings (SSSR count). The minimum absolute atomic E-state index is 0.551. The number of halogens is 2. The molecule has 2 aromatic rings. The second-order valence-corrected chi connectivity index (χ2v) is 5.18. The predicted molar refractivity (Wildman–Crippen MR) is 75.4 cm³/mol. The first-order valence-electron chi connectivity index (χ1n) is 4.73. The molecule has 0 saturated carbocycles. The van der Waals surface area contributed by atoms with Gasteiger partial charge in [-0.1, -0.05) is 23.2 Å². The molecule has 1 aromatic carbocycles. The fourth-order valence-electron chi connectivity index (χ4n) is 1.52. The molecule has 0 aliphatic heterocycles. The van der Waals surface area contributed by atoms with E-state index in [4.69, 9.17) is 47.6 Å². The summed E-state index contributed by atoms with van der Waals surface area (Å²) in [5.74, 6) is 0. The summed E-state index contributed by atoms with van der Waals surface area (Å²) in [5.41, 5.74) is 0.772. The van der Waals surface area contributed by atoms with Gasteiger partial charge in [0.25, 0.3) is 0 Å². The molecule has 0 fully saturated rings. The first-order chi connectivity index (χ1) is 7.91. The fraction of sp³-hybridized carbons (Fsp3) is 0.200. The van der Waals surface area contributed by atoms with Crippen LogP contribution in [0.25, 0.3) is 5.69 Å². The Labute approximate surface area is 119 Å². The third-order valence-corrected chi connectivity index (χ3v) is 3.82. The number of hydrogen-bond acceptors (Lipinski definition) is 2. The van der Waals surface area contributed by atoms with Crippen molar-refractivity contribution in [1.29, 1.82) is 0 Å². The van der Waals surface area contributed by atoms with E-state index in [0.29, 0.717) is 19.6 Å². The molecule has 0 atom stereocenters. The lowest BCUT2D eigenvalue weighted by molar-refractivity contribution is 0.583. The van der Waals surface area contributed by atoms with E-state index in [9.17, 15) is 0 Å². The molecule has 0 aliphatic carbocycles. The molecule has 3 nitrogen and oxygen atoms in total. The van der Waals surface area contributed by atoms with Gasteiger partial charge in [-0.2, -0.15) is 0 Å². The van der Waals surface area contributed by atoms with Crippen LogP contribution in [0, 0.1) is 9.54 Å². The molecule has 17 heavy (non-hydrogen) atoms. The van der Waals surface area contributed by atoms with E-state index < -0.39 is 0 Å². The van der Waals surface area contributed by atoms with Gasteiger partial charge in [0.05, 0.1) is 5.69 Å². The molecule has 0 radical (unpaired) electrons. The SMILES string of the molecule is Cn1c(=S)n(-c2cc(Cl)cc(Cl)c2)c(=S)n1C. The van der Waals surface area contributed by atoms with Gasteiger partial charge >= 0.3 is 0 Å². The third kappa shape index (κ3) is 2.20. The number of rotatable bonds is 1. The summed E-state index contributed by atoms with van der Waals surface area (Å²) in [6.07, 6.45) is 0. The lowest BCUT2D eigenvalue weighted by Crippen LogP contribution is -2.02. The lowest BCUT2D eigenvalue weighted by atomic mass is 10.3. The van der Waals surface area contributed by atoms with Gasteiger partial charge < -0.3 is 0 Å². The van der Waals surface area contributed by atoms with Crippen molar-refractivity contribution >= 4 is 47.6 Å². The smallest absolute Gasteiger partial charge is 0.201 e. The molecule has 0 spiro atoms. The third-order valence-electron chi connectivity index (χ3n) is 2.49. The Kier molecular flexibility index (Phi) is 3.45. The van der Waals surface area contributed by atoms with Gasteiger partial charge in [-0.15, -0.1) is 0 Å². The molecule has 1 heterocycles. The Morgan fingerprint density at radius 3 is 1.71 bits per heavy atom. The maximum atomic E-state index is 5.97. The van der Waals surface area contributed by atoms with Crippen LogP contribution in [0.15, 0.2) is 18.2 Å². The van der Waals surface area contributed by atoms with Crippen LogP contribution in [0.5, 0.6) is 0 Å². The minimum atomic E-state index is 0.551. The van der Waals surface area contributed by atoms with Crippen molar-refractivity contribution in [2.45, 2.75) is 0 Å². The summed E-state index contributed by atoms with van der Waals surface area (Å²) in [5, 5.41) is 1.10. The van der Waals surface area contributed by atoms with Crippen LogP contribution >= 0.6 is 47.6 Å². The van der Waals surface area contributed by atoms with E-state index in [0.717, 1.165) is 5.69 Å². The highest BCUT2D eigenvalue weighted by molar-refractivity contribution is 7.72. The molecule has 90 valence electrons. The van der Waals surface area contributed by atoms with Gasteiger partial charge in [-0.25, -0.2) is 0 Å². The molecule has 0 N–H and O–H groups in total. The van der Waals surface area contributed by atoms with Crippen LogP contribution in [0.2, 0.25) is 10.0 Å². The highest BCUT2D eigenvalue weighted by Crippen LogP contribution is 2.22. The van der Waals surface area contributed by atoms with Crippen LogP contribution in [-0.2, 0) is 14.1 Å². The van der Waals surface area contributed by atoms with Crippen molar-refractivity contribution in [2.24, 2.45) is 14.1 Å². The number of benzene rings is 1. The average molecular weight is 306 g/mol. The Balaban J connectivity index is 2.82. The standard InChI is InChI=1S/C10H9Cl2N3S2/c1-13-9(16)15(10(17)14(13)2)8-4-6(11)3-7(12)5-8/h3-5H,1-2H3. The van der Waals surface area contributed by atoms with E-state index in [1.807, 2.05) is 14.1 Å². The zero-order chi connectivity index (χ0) is 12.7.